The van der Waals surface area contributed by atoms with Gasteiger partial charge in [-0.05, 0) is 50.2 Å². The van der Waals surface area contributed by atoms with Gasteiger partial charge < -0.3 is 14.2 Å². The van der Waals surface area contributed by atoms with Gasteiger partial charge in [0.15, 0.2) is 5.75 Å². The minimum atomic E-state index is -4.83. The van der Waals surface area contributed by atoms with Crippen molar-refractivity contribution in [2.24, 2.45) is 0 Å². The molecule has 0 atom stereocenters. The van der Waals surface area contributed by atoms with Gasteiger partial charge in [-0.15, -0.1) is 13.2 Å². The molecule has 0 aliphatic heterocycles. The van der Waals surface area contributed by atoms with Crippen LogP contribution >= 0.6 is 0 Å². The van der Waals surface area contributed by atoms with Crippen LogP contribution in [-0.2, 0) is 4.79 Å². The van der Waals surface area contributed by atoms with Crippen molar-refractivity contribution in [3.63, 3.8) is 0 Å². The summed E-state index contributed by atoms with van der Waals surface area (Å²) in [5.41, 5.74) is 1.65. The van der Waals surface area contributed by atoms with Crippen molar-refractivity contribution < 1.29 is 37.0 Å². The van der Waals surface area contributed by atoms with E-state index in [1.165, 1.54) is 30.7 Å². The first-order valence-corrected chi connectivity index (χ1v) is 8.81. The van der Waals surface area contributed by atoms with E-state index < -0.39 is 24.0 Å². The van der Waals surface area contributed by atoms with Gasteiger partial charge in [0, 0.05) is 23.4 Å². The molecule has 1 aromatic heterocycles. The number of alkyl halides is 3. The zero-order chi connectivity index (χ0) is 22.2. The van der Waals surface area contributed by atoms with E-state index in [1.807, 2.05) is 0 Å². The third-order valence-electron chi connectivity index (χ3n) is 4.53. The van der Waals surface area contributed by atoms with Crippen LogP contribution < -0.4 is 14.2 Å². The van der Waals surface area contributed by atoms with Crippen LogP contribution in [0.4, 0.5) is 13.2 Å². The average Bonchev–Trinajstić information content (AvgIpc) is 2.93. The van der Waals surface area contributed by atoms with Crippen LogP contribution in [-0.4, -0.2) is 29.9 Å². The lowest BCUT2D eigenvalue weighted by Gasteiger charge is -2.11. The van der Waals surface area contributed by atoms with Gasteiger partial charge >= 0.3 is 12.3 Å². The van der Waals surface area contributed by atoms with Gasteiger partial charge in [0.25, 0.3) is 5.91 Å². The van der Waals surface area contributed by atoms with E-state index in [0.29, 0.717) is 27.9 Å². The van der Waals surface area contributed by atoms with Crippen LogP contribution in [0.15, 0.2) is 36.4 Å². The molecular formula is C21H18F3NO5. The van der Waals surface area contributed by atoms with Crippen molar-refractivity contribution in [3.05, 3.63) is 53.2 Å². The van der Waals surface area contributed by atoms with Gasteiger partial charge in [-0.2, -0.15) is 0 Å². The van der Waals surface area contributed by atoms with Gasteiger partial charge in [-0.25, -0.2) is 0 Å². The first-order chi connectivity index (χ1) is 14.0. The summed E-state index contributed by atoms with van der Waals surface area (Å²) in [5, 5.41) is 0.535. The smallest absolute Gasteiger partial charge is 0.496 e. The molecule has 2 aromatic carbocycles. The predicted molar refractivity (Wildman–Crippen MR) is 102 cm³/mol. The van der Waals surface area contributed by atoms with Crippen molar-refractivity contribution >= 4 is 22.8 Å². The van der Waals surface area contributed by atoms with E-state index in [0.717, 1.165) is 12.1 Å². The summed E-state index contributed by atoms with van der Waals surface area (Å²) in [6, 6.07) is 7.91. The first-order valence-electron chi connectivity index (χ1n) is 8.81. The number of benzene rings is 2. The van der Waals surface area contributed by atoms with Crippen molar-refractivity contribution in [1.82, 2.24) is 4.57 Å². The summed E-state index contributed by atoms with van der Waals surface area (Å²) in [4.78, 5) is 24.8. The van der Waals surface area contributed by atoms with E-state index in [2.05, 4.69) is 4.74 Å². The molecule has 0 unspecified atom stereocenters. The molecule has 6 nitrogen and oxygen atoms in total. The van der Waals surface area contributed by atoms with E-state index in [4.69, 9.17) is 9.47 Å². The number of aryl methyl sites for hydroxylation is 1. The molecule has 0 fully saturated rings. The Labute approximate surface area is 169 Å². The number of carbonyl (C=O) groups is 2. The second-order valence-corrected chi connectivity index (χ2v) is 6.51. The lowest BCUT2D eigenvalue weighted by molar-refractivity contribution is -0.274. The Balaban J connectivity index is 2.13. The van der Waals surface area contributed by atoms with Gasteiger partial charge in [-0.3, -0.25) is 14.2 Å². The minimum absolute atomic E-state index is 0.132. The number of carbonyl (C=O) groups excluding carboxylic acids is 2. The Bertz CT molecular complexity index is 1130. The SMILES string of the molecule is COc1ccc2c(c1C)c(OC(C)=O)c(C)n2C(=O)c1ccc(OC(F)(F)F)cc1. The van der Waals surface area contributed by atoms with Gasteiger partial charge in [0.1, 0.15) is 11.5 Å². The van der Waals surface area contributed by atoms with E-state index in [1.54, 1.807) is 26.0 Å². The molecule has 158 valence electrons. The normalized spacial score (nSPS) is 11.4. The third kappa shape index (κ3) is 3.96. The maximum Gasteiger partial charge on any atom is 0.573 e. The van der Waals surface area contributed by atoms with Gasteiger partial charge in [-0.1, -0.05) is 0 Å². The number of fused-ring (bicyclic) bond motifs is 1. The zero-order valence-corrected chi connectivity index (χ0v) is 16.6. The zero-order valence-electron chi connectivity index (χ0n) is 16.6. The second-order valence-electron chi connectivity index (χ2n) is 6.51. The maximum absolute atomic E-state index is 13.2. The van der Waals surface area contributed by atoms with Crippen molar-refractivity contribution in [1.29, 1.82) is 0 Å². The number of aromatic nitrogens is 1. The van der Waals surface area contributed by atoms with Crippen LogP contribution in [0.2, 0.25) is 0 Å². The molecule has 0 saturated carbocycles. The van der Waals surface area contributed by atoms with Crippen LogP contribution in [0.5, 0.6) is 17.2 Å². The topological polar surface area (TPSA) is 66.8 Å². The Morgan fingerprint density at radius 2 is 1.63 bits per heavy atom. The fourth-order valence-corrected chi connectivity index (χ4v) is 3.29. The molecule has 1 heterocycles. The molecule has 0 N–H and O–H groups in total. The third-order valence-corrected chi connectivity index (χ3v) is 4.53. The Morgan fingerprint density at radius 3 is 2.17 bits per heavy atom. The summed E-state index contributed by atoms with van der Waals surface area (Å²) >= 11 is 0. The Morgan fingerprint density at radius 1 is 1.00 bits per heavy atom. The summed E-state index contributed by atoms with van der Waals surface area (Å²) in [7, 11) is 1.50. The molecule has 0 saturated heterocycles. The van der Waals surface area contributed by atoms with Crippen LogP contribution in [0.3, 0.4) is 0 Å². The van der Waals surface area contributed by atoms with Crippen molar-refractivity contribution in [2.75, 3.05) is 7.11 Å². The molecule has 0 spiro atoms. The lowest BCUT2D eigenvalue weighted by Crippen LogP contribution is -2.17. The second kappa shape index (κ2) is 7.74. The predicted octanol–water partition coefficient (Wildman–Crippen LogP) is 4.78. The lowest BCUT2D eigenvalue weighted by atomic mass is 10.1. The summed E-state index contributed by atoms with van der Waals surface area (Å²) in [5.74, 6) is -0.720. The summed E-state index contributed by atoms with van der Waals surface area (Å²) in [6.07, 6.45) is -4.83. The number of nitrogens with zero attached hydrogens (tertiary/aromatic N) is 1. The molecule has 30 heavy (non-hydrogen) atoms. The Hall–Kier alpha value is -3.49. The van der Waals surface area contributed by atoms with Crippen LogP contribution in [0.25, 0.3) is 10.9 Å². The highest BCUT2D eigenvalue weighted by Gasteiger charge is 2.31. The minimum Gasteiger partial charge on any atom is -0.496 e. The maximum atomic E-state index is 13.2. The molecule has 0 aliphatic carbocycles. The molecule has 0 bridgehead atoms. The van der Waals surface area contributed by atoms with E-state index in [9.17, 15) is 22.8 Å². The standard InChI is InChI=1S/C21H18F3NO5/c1-11-17(28-4)10-9-16-18(11)19(29-13(3)26)12(2)25(16)20(27)14-5-7-15(8-6-14)30-21(22,23)24/h5-10H,1-4H3. The molecule has 0 radical (unpaired) electrons. The first kappa shape index (κ1) is 21.2. The largest absolute Gasteiger partial charge is 0.573 e. The number of hydrogen-bond donors (Lipinski definition) is 0. The molecule has 9 heteroatoms. The fourth-order valence-electron chi connectivity index (χ4n) is 3.29. The number of halogens is 3. The number of ether oxygens (including phenoxy) is 3. The molecule has 0 amide bonds. The van der Waals surface area contributed by atoms with Crippen LogP contribution in [0, 0.1) is 13.8 Å². The highest BCUT2D eigenvalue weighted by atomic mass is 19.4. The van der Waals surface area contributed by atoms with E-state index in [-0.39, 0.29) is 11.3 Å². The molecule has 3 rings (SSSR count). The number of methoxy groups -OCH3 is 1. The highest BCUT2D eigenvalue weighted by Crippen LogP contribution is 2.39. The fraction of sp³-hybridized carbons (Fsp3) is 0.238. The Kier molecular flexibility index (Phi) is 5.47. The van der Waals surface area contributed by atoms with Crippen molar-refractivity contribution in [3.8, 4) is 17.2 Å². The van der Waals surface area contributed by atoms with Crippen molar-refractivity contribution in [2.45, 2.75) is 27.1 Å². The molecular weight excluding hydrogens is 403 g/mol. The molecule has 3 aromatic rings. The number of hydrogen-bond acceptors (Lipinski definition) is 5. The highest BCUT2D eigenvalue weighted by molar-refractivity contribution is 6.06. The summed E-state index contributed by atoms with van der Waals surface area (Å²) < 4.78 is 52.9. The summed E-state index contributed by atoms with van der Waals surface area (Å²) in [6.45, 7) is 4.63. The van der Waals surface area contributed by atoms with E-state index >= 15 is 0 Å². The number of esters is 1. The van der Waals surface area contributed by atoms with Gasteiger partial charge in [0.05, 0.1) is 18.3 Å². The number of rotatable bonds is 4. The quantitative estimate of drug-likeness (QED) is 0.568. The van der Waals surface area contributed by atoms with Crippen LogP contribution in [0.1, 0.15) is 28.5 Å². The molecule has 0 aliphatic rings. The monoisotopic (exact) mass is 421 g/mol. The van der Waals surface area contributed by atoms with Gasteiger partial charge in [0.2, 0.25) is 0 Å². The average molecular weight is 421 g/mol.